The van der Waals surface area contributed by atoms with Crippen LogP contribution in [0.15, 0.2) is 48.5 Å². The SMILES string of the molecule is CCO[C@H]1OC(=O)[C@@H]2[C@H]1ON1c3ccccc3Cc3ccccc3[C@H]21. The van der Waals surface area contributed by atoms with Gasteiger partial charge in [-0.1, -0.05) is 42.5 Å². The van der Waals surface area contributed by atoms with Crippen LogP contribution >= 0.6 is 0 Å². The fourth-order valence-corrected chi connectivity index (χ4v) is 4.21. The Morgan fingerprint density at radius 3 is 2.72 bits per heavy atom. The monoisotopic (exact) mass is 337 g/mol. The number of anilines is 1. The first-order chi connectivity index (χ1) is 12.3. The number of benzene rings is 2. The Hall–Kier alpha value is -2.37. The molecule has 5 rings (SSSR count). The van der Waals surface area contributed by atoms with Crippen LogP contribution in [0.2, 0.25) is 0 Å². The van der Waals surface area contributed by atoms with Gasteiger partial charge in [0.1, 0.15) is 5.92 Å². The number of rotatable bonds is 2. The Kier molecular flexibility index (Phi) is 3.33. The van der Waals surface area contributed by atoms with E-state index in [0.717, 1.165) is 17.7 Å². The summed E-state index contributed by atoms with van der Waals surface area (Å²) in [4.78, 5) is 18.9. The van der Waals surface area contributed by atoms with Crippen LogP contribution in [-0.4, -0.2) is 25.0 Å². The number of esters is 1. The molecule has 4 atom stereocenters. The number of ether oxygens (including phenoxy) is 2. The molecule has 0 N–H and O–H groups in total. The maximum atomic E-state index is 12.6. The van der Waals surface area contributed by atoms with Gasteiger partial charge in [0.05, 0.1) is 11.7 Å². The molecule has 0 radical (unpaired) electrons. The Labute approximate surface area is 146 Å². The molecule has 3 heterocycles. The molecule has 0 aliphatic carbocycles. The molecule has 0 saturated carbocycles. The molecule has 2 aromatic rings. The lowest BCUT2D eigenvalue weighted by Crippen LogP contribution is -2.30. The number of hydrogen-bond donors (Lipinski definition) is 0. The van der Waals surface area contributed by atoms with Crippen LogP contribution in [0.25, 0.3) is 0 Å². The Morgan fingerprint density at radius 2 is 1.88 bits per heavy atom. The van der Waals surface area contributed by atoms with Gasteiger partial charge in [-0.05, 0) is 36.1 Å². The molecule has 0 spiro atoms. The molecule has 2 fully saturated rings. The van der Waals surface area contributed by atoms with Crippen molar-refractivity contribution in [1.82, 2.24) is 0 Å². The lowest BCUT2D eigenvalue weighted by atomic mass is 9.88. The van der Waals surface area contributed by atoms with Gasteiger partial charge in [0, 0.05) is 6.61 Å². The molecular formula is C20H19NO4. The minimum absolute atomic E-state index is 0.192. The van der Waals surface area contributed by atoms with Gasteiger partial charge in [0.2, 0.25) is 6.29 Å². The highest BCUT2D eigenvalue weighted by Crippen LogP contribution is 2.50. The van der Waals surface area contributed by atoms with Crippen LogP contribution < -0.4 is 5.06 Å². The van der Waals surface area contributed by atoms with Crippen molar-refractivity contribution in [2.75, 3.05) is 11.7 Å². The quantitative estimate of drug-likeness (QED) is 0.789. The fourth-order valence-electron chi connectivity index (χ4n) is 4.21. The molecule has 128 valence electrons. The Balaban J connectivity index is 1.67. The molecule has 0 bridgehead atoms. The first kappa shape index (κ1) is 14.9. The molecule has 3 aliphatic rings. The van der Waals surface area contributed by atoms with Gasteiger partial charge in [-0.3, -0.25) is 9.63 Å². The van der Waals surface area contributed by atoms with E-state index in [2.05, 4.69) is 24.3 Å². The van der Waals surface area contributed by atoms with E-state index in [1.807, 2.05) is 36.3 Å². The van der Waals surface area contributed by atoms with Crippen molar-refractivity contribution in [3.8, 4) is 0 Å². The van der Waals surface area contributed by atoms with Crippen molar-refractivity contribution in [2.45, 2.75) is 31.8 Å². The summed E-state index contributed by atoms with van der Waals surface area (Å²) < 4.78 is 11.1. The normalized spacial score (nSPS) is 29.3. The average Bonchev–Trinajstić information content (AvgIpc) is 3.11. The van der Waals surface area contributed by atoms with E-state index in [-0.39, 0.29) is 17.9 Å². The fraction of sp³-hybridized carbons (Fsp3) is 0.350. The Morgan fingerprint density at radius 1 is 1.12 bits per heavy atom. The van der Waals surface area contributed by atoms with Gasteiger partial charge in [0.15, 0.2) is 6.10 Å². The third kappa shape index (κ3) is 2.12. The van der Waals surface area contributed by atoms with Crippen molar-refractivity contribution < 1.29 is 19.1 Å². The van der Waals surface area contributed by atoms with E-state index in [9.17, 15) is 4.79 Å². The van der Waals surface area contributed by atoms with Gasteiger partial charge in [-0.2, -0.15) is 0 Å². The molecule has 3 aliphatic heterocycles. The first-order valence-electron chi connectivity index (χ1n) is 8.71. The summed E-state index contributed by atoms with van der Waals surface area (Å²) in [6.07, 6.45) is -0.241. The van der Waals surface area contributed by atoms with Crippen LogP contribution in [-0.2, 0) is 25.5 Å². The Bertz CT molecular complexity index is 836. The van der Waals surface area contributed by atoms with Crippen LogP contribution in [0.3, 0.4) is 0 Å². The van der Waals surface area contributed by atoms with Crippen molar-refractivity contribution >= 4 is 11.7 Å². The molecule has 0 unspecified atom stereocenters. The largest absolute Gasteiger partial charge is 0.432 e. The molecule has 2 aromatic carbocycles. The highest BCUT2D eigenvalue weighted by atomic mass is 16.8. The van der Waals surface area contributed by atoms with Crippen LogP contribution in [0.4, 0.5) is 5.69 Å². The average molecular weight is 337 g/mol. The second-order valence-corrected chi connectivity index (χ2v) is 6.63. The molecule has 5 heteroatoms. The van der Waals surface area contributed by atoms with Gasteiger partial charge < -0.3 is 9.47 Å². The van der Waals surface area contributed by atoms with Gasteiger partial charge in [-0.25, -0.2) is 5.06 Å². The number of para-hydroxylation sites is 1. The zero-order valence-corrected chi connectivity index (χ0v) is 13.9. The molecular weight excluding hydrogens is 318 g/mol. The standard InChI is InChI=1S/C20H19NO4/c1-2-23-20-18-16(19(22)24-20)17-14-9-5-3-7-12(14)11-13-8-4-6-10-15(13)21(17)25-18/h3-10,16-18,20H,2,11H2,1H3/t16-,17+,18+,20-/m0/s1. The highest BCUT2D eigenvalue weighted by molar-refractivity contribution is 5.79. The number of nitrogens with zero attached hydrogens (tertiary/aromatic N) is 1. The summed E-state index contributed by atoms with van der Waals surface area (Å²) in [5.74, 6) is -0.631. The topological polar surface area (TPSA) is 48.0 Å². The maximum absolute atomic E-state index is 12.6. The van der Waals surface area contributed by atoms with E-state index in [1.165, 1.54) is 11.1 Å². The third-order valence-corrected chi connectivity index (χ3v) is 5.27. The van der Waals surface area contributed by atoms with Gasteiger partial charge >= 0.3 is 5.97 Å². The summed E-state index contributed by atoms with van der Waals surface area (Å²) in [7, 11) is 0. The second kappa shape index (κ2) is 5.58. The van der Waals surface area contributed by atoms with Crippen molar-refractivity contribution in [1.29, 1.82) is 0 Å². The summed E-state index contributed by atoms with van der Waals surface area (Å²) in [6.45, 7) is 2.36. The number of hydrogen-bond acceptors (Lipinski definition) is 5. The number of carbonyl (C=O) groups excluding carboxylic acids is 1. The van der Waals surface area contributed by atoms with Gasteiger partial charge in [0.25, 0.3) is 0 Å². The van der Waals surface area contributed by atoms with Crippen molar-refractivity contribution in [3.05, 3.63) is 65.2 Å². The lowest BCUT2D eigenvalue weighted by molar-refractivity contribution is -0.178. The van der Waals surface area contributed by atoms with E-state index in [4.69, 9.17) is 14.3 Å². The van der Waals surface area contributed by atoms with Crippen LogP contribution in [0.5, 0.6) is 0 Å². The van der Waals surface area contributed by atoms with E-state index < -0.39 is 12.4 Å². The first-order valence-corrected chi connectivity index (χ1v) is 8.71. The number of hydroxylamine groups is 1. The van der Waals surface area contributed by atoms with E-state index in [0.29, 0.717) is 6.61 Å². The van der Waals surface area contributed by atoms with E-state index >= 15 is 0 Å². The summed E-state index contributed by atoms with van der Waals surface area (Å²) >= 11 is 0. The number of fused-ring (bicyclic) bond motifs is 7. The van der Waals surface area contributed by atoms with Crippen molar-refractivity contribution in [2.24, 2.45) is 5.92 Å². The lowest BCUT2D eigenvalue weighted by Gasteiger charge is -2.27. The van der Waals surface area contributed by atoms with Crippen LogP contribution in [0.1, 0.15) is 29.7 Å². The molecule has 0 aromatic heterocycles. The van der Waals surface area contributed by atoms with E-state index in [1.54, 1.807) is 0 Å². The number of carbonyl (C=O) groups is 1. The zero-order valence-electron chi connectivity index (χ0n) is 13.9. The molecule has 0 amide bonds. The highest BCUT2D eigenvalue weighted by Gasteiger charge is 2.59. The predicted molar refractivity (Wildman–Crippen MR) is 90.8 cm³/mol. The van der Waals surface area contributed by atoms with Crippen molar-refractivity contribution in [3.63, 3.8) is 0 Å². The van der Waals surface area contributed by atoms with Gasteiger partial charge in [-0.15, -0.1) is 0 Å². The minimum atomic E-state index is -0.645. The van der Waals surface area contributed by atoms with Crippen LogP contribution in [0, 0.1) is 5.92 Å². The minimum Gasteiger partial charge on any atom is -0.432 e. The predicted octanol–water partition coefficient (Wildman–Crippen LogP) is 2.99. The molecule has 25 heavy (non-hydrogen) atoms. The molecule has 5 nitrogen and oxygen atoms in total. The molecule has 2 saturated heterocycles. The summed E-state index contributed by atoms with van der Waals surface area (Å²) in [5, 5.41) is 1.91. The summed E-state index contributed by atoms with van der Waals surface area (Å²) in [6, 6.07) is 16.3. The smallest absolute Gasteiger partial charge is 0.316 e. The number of cyclic esters (lactones) is 1. The zero-order chi connectivity index (χ0) is 17.0. The summed E-state index contributed by atoms with van der Waals surface area (Å²) in [5.41, 5.74) is 4.56. The third-order valence-electron chi connectivity index (χ3n) is 5.27. The second-order valence-electron chi connectivity index (χ2n) is 6.63. The maximum Gasteiger partial charge on any atom is 0.316 e.